The van der Waals surface area contributed by atoms with Crippen LogP contribution in [0, 0.1) is 13.5 Å². The number of hydrogen-bond acceptors (Lipinski definition) is 2. The molecule has 0 saturated heterocycles. The molecule has 3 rings (SSSR count). The number of nitrogens with zero attached hydrogens (tertiary/aromatic N) is 1. The Morgan fingerprint density at radius 2 is 1.59 bits per heavy atom. The van der Waals surface area contributed by atoms with Gasteiger partial charge in [0.05, 0.1) is 0 Å². The van der Waals surface area contributed by atoms with Gasteiger partial charge in [-0.05, 0) is 5.69 Å². The zero-order chi connectivity index (χ0) is 13.8. The van der Waals surface area contributed by atoms with E-state index in [1.165, 1.54) is 0 Å². The van der Waals surface area contributed by atoms with E-state index in [0.717, 1.165) is 11.3 Å². The van der Waals surface area contributed by atoms with E-state index in [0.29, 0.717) is 11.1 Å². The van der Waals surface area contributed by atoms with Crippen LogP contribution in [-0.4, -0.2) is 10.8 Å². The van der Waals surface area contributed by atoms with Crippen molar-refractivity contribution in [2.45, 2.75) is 0 Å². The molecule has 0 amide bonds. The molecule has 2 nitrogen and oxygen atoms in total. The van der Waals surface area contributed by atoms with Crippen LogP contribution in [0.3, 0.4) is 0 Å². The zero-order valence-corrected chi connectivity index (χ0v) is 14.5. The van der Waals surface area contributed by atoms with Gasteiger partial charge in [-0.25, -0.2) is 0 Å². The number of pyridine rings is 1. The first-order valence-corrected chi connectivity index (χ1v) is 6.37. The molecule has 0 N–H and O–H groups in total. The van der Waals surface area contributed by atoms with E-state index in [9.17, 15) is 4.79 Å². The standard InChI is InChI=1S/C18H12NO.CH3.Ir/c20-18(15-9-5-2-6-10-15)16-11-12-17(19-13-16)14-7-3-1-4-8-14;;/h1-7,9-13H;1H3;/q2*-1;. The van der Waals surface area contributed by atoms with Crippen LogP contribution >= 0.6 is 0 Å². The fourth-order valence-electron chi connectivity index (χ4n) is 2.00. The third-order valence-corrected chi connectivity index (χ3v) is 3.05. The van der Waals surface area contributed by atoms with Crippen molar-refractivity contribution in [3.8, 4) is 11.3 Å². The smallest absolute Gasteiger partial charge is 0.194 e. The van der Waals surface area contributed by atoms with E-state index >= 15 is 0 Å². The molecule has 0 aliphatic rings. The van der Waals surface area contributed by atoms with Crippen molar-refractivity contribution in [2.75, 3.05) is 0 Å². The van der Waals surface area contributed by atoms with Crippen molar-refractivity contribution >= 4 is 5.78 Å². The average molecular weight is 466 g/mol. The number of carbonyl (C=O) groups is 1. The van der Waals surface area contributed by atoms with Crippen molar-refractivity contribution in [1.82, 2.24) is 4.98 Å². The molecule has 2 aromatic carbocycles. The summed E-state index contributed by atoms with van der Waals surface area (Å²) in [7, 11) is 0. The van der Waals surface area contributed by atoms with Gasteiger partial charge in [0.15, 0.2) is 5.78 Å². The molecule has 113 valence electrons. The van der Waals surface area contributed by atoms with Gasteiger partial charge in [0.1, 0.15) is 0 Å². The van der Waals surface area contributed by atoms with Crippen LogP contribution in [0.1, 0.15) is 15.9 Å². The van der Waals surface area contributed by atoms with Crippen molar-refractivity contribution in [3.05, 3.63) is 97.5 Å². The van der Waals surface area contributed by atoms with Crippen molar-refractivity contribution < 1.29 is 24.9 Å². The van der Waals surface area contributed by atoms with E-state index in [1.807, 2.05) is 48.5 Å². The van der Waals surface area contributed by atoms with E-state index < -0.39 is 0 Å². The fraction of sp³-hybridized carbons (Fsp3) is 0. The van der Waals surface area contributed by atoms with Crippen molar-refractivity contribution in [3.63, 3.8) is 0 Å². The zero-order valence-electron chi connectivity index (χ0n) is 12.1. The molecule has 0 spiro atoms. The Balaban J connectivity index is 0.00000121. The van der Waals surface area contributed by atoms with E-state index in [-0.39, 0.29) is 33.3 Å². The van der Waals surface area contributed by atoms with Gasteiger partial charge in [-0.1, -0.05) is 42.5 Å². The Hall–Kier alpha value is -2.09. The number of carbonyl (C=O) groups excluding carboxylic acids is 1. The normalized spacial score (nSPS) is 9.27. The summed E-state index contributed by atoms with van der Waals surface area (Å²) < 4.78 is 0. The molecule has 1 heterocycles. The second-order valence-electron chi connectivity index (χ2n) is 4.40. The quantitative estimate of drug-likeness (QED) is 0.428. The third kappa shape index (κ3) is 3.97. The Morgan fingerprint density at radius 1 is 0.864 bits per heavy atom. The Morgan fingerprint density at radius 3 is 2.18 bits per heavy atom. The van der Waals surface area contributed by atoms with Crippen molar-refractivity contribution in [1.29, 1.82) is 0 Å². The second-order valence-corrected chi connectivity index (χ2v) is 4.40. The van der Waals surface area contributed by atoms with Crippen LogP contribution in [0.4, 0.5) is 0 Å². The van der Waals surface area contributed by atoms with Crippen LogP contribution in [0.5, 0.6) is 0 Å². The SMILES string of the molecule is O=C(c1ccccc1)c1ccc(-c2[c-]cccc2)nc1.[CH3-].[Ir]. The van der Waals surface area contributed by atoms with E-state index in [2.05, 4.69) is 11.1 Å². The van der Waals surface area contributed by atoms with Crippen LogP contribution in [-0.2, 0) is 20.1 Å². The molecule has 0 fully saturated rings. The minimum Gasteiger partial charge on any atom is -0.358 e. The number of rotatable bonds is 3. The van der Waals surface area contributed by atoms with Gasteiger partial charge in [-0.15, -0.1) is 35.9 Å². The molecule has 22 heavy (non-hydrogen) atoms. The molecule has 0 unspecified atom stereocenters. The van der Waals surface area contributed by atoms with Crippen LogP contribution in [0.2, 0.25) is 0 Å². The largest absolute Gasteiger partial charge is 0.358 e. The average Bonchev–Trinajstić information content (AvgIpc) is 2.56. The molecular weight excluding hydrogens is 450 g/mol. The van der Waals surface area contributed by atoms with Gasteiger partial charge >= 0.3 is 0 Å². The van der Waals surface area contributed by atoms with E-state index in [1.54, 1.807) is 24.4 Å². The molecule has 3 aromatic rings. The topological polar surface area (TPSA) is 30.0 Å². The number of benzene rings is 2. The third-order valence-electron chi connectivity index (χ3n) is 3.05. The minimum atomic E-state index is -0.0123. The fourth-order valence-corrected chi connectivity index (χ4v) is 2.00. The monoisotopic (exact) mass is 466 g/mol. The Labute approximate surface area is 144 Å². The first-order chi connectivity index (χ1) is 9.84. The maximum atomic E-state index is 12.2. The first-order valence-electron chi connectivity index (χ1n) is 6.37. The molecule has 3 heteroatoms. The minimum absolute atomic E-state index is 0. The number of hydrogen-bond donors (Lipinski definition) is 0. The van der Waals surface area contributed by atoms with Crippen LogP contribution in [0.15, 0.2) is 72.9 Å². The number of aromatic nitrogens is 1. The summed E-state index contributed by atoms with van der Waals surface area (Å²) >= 11 is 0. The van der Waals surface area contributed by atoms with Gasteiger partial charge in [0.25, 0.3) is 0 Å². The summed E-state index contributed by atoms with van der Waals surface area (Å²) in [6.07, 6.45) is 1.62. The van der Waals surface area contributed by atoms with E-state index in [4.69, 9.17) is 0 Å². The molecule has 0 bridgehead atoms. The summed E-state index contributed by atoms with van der Waals surface area (Å²) in [4.78, 5) is 16.6. The summed E-state index contributed by atoms with van der Waals surface area (Å²) in [5.41, 5.74) is 3.01. The van der Waals surface area contributed by atoms with Gasteiger partial charge in [0, 0.05) is 37.4 Å². The van der Waals surface area contributed by atoms with Gasteiger partial charge in [-0.3, -0.25) is 4.79 Å². The van der Waals surface area contributed by atoms with Crippen LogP contribution < -0.4 is 0 Å². The van der Waals surface area contributed by atoms with Gasteiger partial charge in [0.2, 0.25) is 0 Å². The maximum absolute atomic E-state index is 12.2. The maximum Gasteiger partial charge on any atom is 0.194 e. The summed E-state index contributed by atoms with van der Waals surface area (Å²) in [5, 5.41) is 0. The van der Waals surface area contributed by atoms with Gasteiger partial charge < -0.3 is 12.4 Å². The molecule has 0 aliphatic heterocycles. The molecule has 0 saturated carbocycles. The Kier molecular flexibility index (Phi) is 6.84. The number of ketones is 1. The second kappa shape index (κ2) is 8.38. The van der Waals surface area contributed by atoms with Gasteiger partial charge in [-0.2, -0.15) is 0 Å². The molecule has 0 aliphatic carbocycles. The summed E-state index contributed by atoms with van der Waals surface area (Å²) in [6, 6.07) is 23.6. The molecular formula is C19H15IrNO-2. The predicted molar refractivity (Wildman–Crippen MR) is 84.8 cm³/mol. The van der Waals surface area contributed by atoms with Crippen LogP contribution in [0.25, 0.3) is 11.3 Å². The summed E-state index contributed by atoms with van der Waals surface area (Å²) in [6.45, 7) is 0. The molecule has 0 atom stereocenters. The van der Waals surface area contributed by atoms with Crippen molar-refractivity contribution in [2.24, 2.45) is 0 Å². The first kappa shape index (κ1) is 18.0. The predicted octanol–water partition coefficient (Wildman–Crippen LogP) is 4.23. The molecule has 1 aromatic heterocycles. The summed E-state index contributed by atoms with van der Waals surface area (Å²) in [5.74, 6) is -0.0123. The Bertz CT molecular complexity index is 709. The molecule has 1 radical (unpaired) electrons.